The summed E-state index contributed by atoms with van der Waals surface area (Å²) in [7, 11) is 0. The SMILES string of the molecule is NC(=O)C12CC[N+](CC3=C(C(=O)O)N4C(=O)[C@@H](N)[C@@H]4SC3)(CC1)CC2. The molecule has 2 amide bonds. The van der Waals surface area contributed by atoms with E-state index in [-0.39, 0.29) is 28.3 Å². The Morgan fingerprint density at radius 1 is 1.28 bits per heavy atom. The second-order valence-corrected chi connectivity index (χ2v) is 8.86. The van der Waals surface area contributed by atoms with Crippen LogP contribution in [0.2, 0.25) is 0 Å². The second-order valence-electron chi connectivity index (χ2n) is 7.76. The highest BCUT2D eigenvalue weighted by molar-refractivity contribution is 8.00. The molecule has 0 spiro atoms. The van der Waals surface area contributed by atoms with Crippen LogP contribution in [0.5, 0.6) is 0 Å². The number of hydrogen-bond donors (Lipinski definition) is 3. The number of primary amides is 1. The normalized spacial score (nSPS) is 39.9. The molecule has 25 heavy (non-hydrogen) atoms. The molecule has 5 N–H and O–H groups in total. The Hall–Kier alpha value is -1.58. The van der Waals surface area contributed by atoms with Crippen LogP contribution in [0.1, 0.15) is 19.3 Å². The van der Waals surface area contributed by atoms with Crippen LogP contribution in [0.4, 0.5) is 0 Å². The van der Waals surface area contributed by atoms with E-state index >= 15 is 0 Å². The van der Waals surface area contributed by atoms with Gasteiger partial charge in [-0.1, -0.05) is 0 Å². The highest BCUT2D eigenvalue weighted by Gasteiger charge is 2.55. The fraction of sp³-hybridized carbons (Fsp3) is 0.688. The van der Waals surface area contributed by atoms with Gasteiger partial charge < -0.3 is 21.1 Å². The molecule has 9 heteroatoms. The monoisotopic (exact) mass is 367 g/mol. The molecule has 4 saturated heterocycles. The summed E-state index contributed by atoms with van der Waals surface area (Å²) in [5.74, 6) is -0.979. The topological polar surface area (TPSA) is 127 Å². The zero-order valence-corrected chi connectivity index (χ0v) is 14.8. The number of nitrogens with two attached hydrogens (primary N) is 2. The number of thioether (sulfide) groups is 1. The fourth-order valence-electron chi connectivity index (χ4n) is 4.78. The first-order valence-corrected chi connectivity index (χ1v) is 9.64. The number of rotatable bonds is 4. The first kappa shape index (κ1) is 16.9. The molecule has 5 aliphatic rings. The van der Waals surface area contributed by atoms with Crippen molar-refractivity contribution in [3.05, 3.63) is 11.3 Å². The molecule has 136 valence electrons. The number of hydrogen-bond acceptors (Lipinski definition) is 5. The number of fused-ring (bicyclic) bond motifs is 4. The highest BCUT2D eigenvalue weighted by atomic mass is 32.2. The van der Waals surface area contributed by atoms with Crippen LogP contribution in [0.25, 0.3) is 0 Å². The average molecular weight is 367 g/mol. The lowest BCUT2D eigenvalue weighted by molar-refractivity contribution is -0.940. The van der Waals surface area contributed by atoms with Crippen molar-refractivity contribution in [2.24, 2.45) is 16.9 Å². The van der Waals surface area contributed by atoms with Gasteiger partial charge in [-0.3, -0.25) is 14.5 Å². The molecule has 8 nitrogen and oxygen atoms in total. The summed E-state index contributed by atoms with van der Waals surface area (Å²) in [6.07, 6.45) is 2.30. The van der Waals surface area contributed by atoms with Gasteiger partial charge in [0.1, 0.15) is 23.7 Å². The van der Waals surface area contributed by atoms with Crippen molar-refractivity contribution < 1.29 is 24.0 Å². The largest absolute Gasteiger partial charge is 0.477 e. The summed E-state index contributed by atoms with van der Waals surface area (Å²) in [5, 5.41) is 9.42. The smallest absolute Gasteiger partial charge is 0.352 e. The Bertz CT molecular complexity index is 682. The van der Waals surface area contributed by atoms with Crippen LogP contribution in [0, 0.1) is 5.41 Å². The highest BCUT2D eigenvalue weighted by Crippen LogP contribution is 2.46. The van der Waals surface area contributed by atoms with Crippen LogP contribution < -0.4 is 11.5 Å². The Morgan fingerprint density at radius 2 is 1.88 bits per heavy atom. The molecule has 0 saturated carbocycles. The summed E-state index contributed by atoms with van der Waals surface area (Å²) in [6, 6.07) is -0.603. The summed E-state index contributed by atoms with van der Waals surface area (Å²) >= 11 is 1.54. The molecule has 4 fully saturated rings. The molecule has 0 aromatic carbocycles. The molecule has 5 aliphatic heterocycles. The van der Waals surface area contributed by atoms with Crippen molar-refractivity contribution in [2.45, 2.75) is 30.7 Å². The number of piperidine rings is 3. The van der Waals surface area contributed by atoms with Crippen molar-refractivity contribution in [1.29, 1.82) is 0 Å². The van der Waals surface area contributed by atoms with Gasteiger partial charge in [0, 0.05) is 30.6 Å². The molecule has 0 radical (unpaired) electrons. The van der Waals surface area contributed by atoms with Crippen molar-refractivity contribution in [2.75, 3.05) is 31.9 Å². The number of carboxylic acid groups (broad SMARTS) is 1. The van der Waals surface area contributed by atoms with Crippen LogP contribution in [0.15, 0.2) is 11.3 Å². The predicted octanol–water partition coefficient (Wildman–Crippen LogP) is -0.946. The van der Waals surface area contributed by atoms with Crippen LogP contribution >= 0.6 is 11.8 Å². The molecule has 5 heterocycles. The third-order valence-electron chi connectivity index (χ3n) is 6.53. The number of carbonyl (C=O) groups is 3. The average Bonchev–Trinajstić information content (AvgIpc) is 2.61. The van der Waals surface area contributed by atoms with Crippen molar-refractivity contribution in [3.8, 4) is 0 Å². The van der Waals surface area contributed by atoms with Gasteiger partial charge in [0.2, 0.25) is 11.8 Å². The molecule has 0 aromatic heterocycles. The maximum atomic E-state index is 12.1. The van der Waals surface area contributed by atoms with Gasteiger partial charge in [0.15, 0.2) is 0 Å². The second kappa shape index (κ2) is 5.46. The number of aliphatic carboxylic acids is 1. The minimum Gasteiger partial charge on any atom is -0.477 e. The zero-order chi connectivity index (χ0) is 18.0. The number of nitrogens with zero attached hydrogens (tertiary/aromatic N) is 2. The van der Waals surface area contributed by atoms with E-state index in [0.29, 0.717) is 12.3 Å². The van der Waals surface area contributed by atoms with E-state index < -0.39 is 12.0 Å². The van der Waals surface area contributed by atoms with Crippen LogP contribution in [0.3, 0.4) is 0 Å². The van der Waals surface area contributed by atoms with Gasteiger partial charge >= 0.3 is 5.97 Å². The number of quaternary nitrogens is 1. The summed E-state index contributed by atoms with van der Waals surface area (Å²) in [4.78, 5) is 37.0. The predicted molar refractivity (Wildman–Crippen MR) is 90.9 cm³/mol. The Morgan fingerprint density at radius 3 is 2.40 bits per heavy atom. The number of carboxylic acids is 1. The molecule has 0 unspecified atom stereocenters. The number of amides is 2. The minimum absolute atomic E-state index is 0.125. The molecule has 0 aliphatic carbocycles. The maximum absolute atomic E-state index is 12.1. The van der Waals surface area contributed by atoms with Gasteiger partial charge in [-0.05, 0) is 0 Å². The van der Waals surface area contributed by atoms with E-state index in [1.54, 1.807) is 11.8 Å². The Kier molecular flexibility index (Phi) is 3.68. The zero-order valence-electron chi connectivity index (χ0n) is 13.9. The van der Waals surface area contributed by atoms with E-state index in [0.717, 1.165) is 49.0 Å². The molecular weight excluding hydrogens is 344 g/mol. The molecule has 2 bridgehead atoms. The molecule has 0 aromatic rings. The van der Waals surface area contributed by atoms with Crippen LogP contribution in [-0.2, 0) is 14.4 Å². The minimum atomic E-state index is -1.06. The van der Waals surface area contributed by atoms with E-state index in [9.17, 15) is 19.5 Å². The fourth-order valence-corrected chi connectivity index (χ4v) is 6.06. The van der Waals surface area contributed by atoms with Gasteiger partial charge in [-0.15, -0.1) is 11.8 Å². The summed E-state index contributed by atoms with van der Waals surface area (Å²) in [6.45, 7) is 3.12. The lowest BCUT2D eigenvalue weighted by Crippen LogP contribution is -2.69. The molecule has 2 atom stereocenters. The lowest BCUT2D eigenvalue weighted by Gasteiger charge is -2.55. The maximum Gasteiger partial charge on any atom is 0.352 e. The Balaban J connectivity index is 1.59. The summed E-state index contributed by atoms with van der Waals surface area (Å²) in [5.41, 5.74) is 12.0. The Labute approximate surface area is 149 Å². The molecule has 5 rings (SSSR count). The van der Waals surface area contributed by atoms with Gasteiger partial charge in [0.05, 0.1) is 25.0 Å². The van der Waals surface area contributed by atoms with Crippen molar-refractivity contribution >= 4 is 29.5 Å². The van der Waals surface area contributed by atoms with E-state index in [4.69, 9.17) is 11.5 Å². The molecular formula is C16H23N4O4S+. The van der Waals surface area contributed by atoms with E-state index in [1.165, 1.54) is 4.90 Å². The standard InChI is InChI=1S/C16H22N4O4S/c17-10-12(21)19-11(14(22)23)9(8-25-13(10)19)7-20-4-1-16(2-5-20,3-6-20)15(18)24/h10,13H,1-8,17H2,(H2-,18,22,23,24)/p+1/t10-,13+,16?,20?/m1/s1. The quantitative estimate of drug-likeness (QED) is 0.434. The van der Waals surface area contributed by atoms with Crippen LogP contribution in [-0.4, -0.2) is 75.6 Å². The third kappa shape index (κ3) is 2.32. The van der Waals surface area contributed by atoms with Gasteiger partial charge in [-0.25, -0.2) is 4.79 Å². The van der Waals surface area contributed by atoms with E-state index in [2.05, 4.69) is 0 Å². The summed E-state index contributed by atoms with van der Waals surface area (Å²) < 4.78 is 0.792. The lowest BCUT2D eigenvalue weighted by atomic mass is 9.70. The number of β-lactam (4-membered cyclic amide) rings is 1. The third-order valence-corrected chi connectivity index (χ3v) is 7.89. The van der Waals surface area contributed by atoms with E-state index in [1.807, 2.05) is 0 Å². The number of carbonyl (C=O) groups excluding carboxylic acids is 2. The van der Waals surface area contributed by atoms with Crippen molar-refractivity contribution in [3.63, 3.8) is 0 Å². The first-order chi connectivity index (χ1) is 11.8. The van der Waals surface area contributed by atoms with Gasteiger partial charge in [-0.2, -0.15) is 0 Å². The van der Waals surface area contributed by atoms with Gasteiger partial charge in [0.25, 0.3) is 0 Å². The first-order valence-electron chi connectivity index (χ1n) is 8.59. The van der Waals surface area contributed by atoms with Crippen molar-refractivity contribution in [1.82, 2.24) is 4.90 Å².